The van der Waals surface area contributed by atoms with E-state index in [1.54, 1.807) is 12.4 Å². The number of carbonyl (C=O) groups excluding carboxylic acids is 1. The number of aromatic nitrogens is 1. The minimum absolute atomic E-state index is 0.0144. The van der Waals surface area contributed by atoms with Crippen LogP contribution in [0.4, 0.5) is 0 Å². The Morgan fingerprint density at radius 3 is 2.56 bits per heavy atom. The van der Waals surface area contributed by atoms with E-state index in [-0.39, 0.29) is 12.3 Å². The van der Waals surface area contributed by atoms with E-state index in [9.17, 15) is 9.59 Å². The molecule has 0 spiro atoms. The van der Waals surface area contributed by atoms with Gasteiger partial charge in [0.25, 0.3) is 0 Å². The molecule has 0 fully saturated rings. The number of amides is 1. The Balaban J connectivity index is 2.05. The molecule has 18 heavy (non-hydrogen) atoms. The fourth-order valence-corrected chi connectivity index (χ4v) is 1.55. The van der Waals surface area contributed by atoms with Crippen molar-refractivity contribution in [3.8, 4) is 0 Å². The second kappa shape index (κ2) is 8.22. The summed E-state index contributed by atoms with van der Waals surface area (Å²) in [6, 6.07) is 3.62. The molecule has 1 rings (SSSR count). The molecular formula is C13H18N2O3. The highest BCUT2D eigenvalue weighted by Gasteiger charge is 2.02. The Morgan fingerprint density at radius 2 is 1.89 bits per heavy atom. The molecule has 1 aromatic rings. The Labute approximate surface area is 106 Å². The van der Waals surface area contributed by atoms with Gasteiger partial charge in [0.15, 0.2) is 0 Å². The van der Waals surface area contributed by atoms with Gasteiger partial charge in [0, 0.05) is 25.4 Å². The maximum Gasteiger partial charge on any atom is 0.303 e. The fourth-order valence-electron chi connectivity index (χ4n) is 1.55. The van der Waals surface area contributed by atoms with Crippen LogP contribution in [0.5, 0.6) is 0 Å². The summed E-state index contributed by atoms with van der Waals surface area (Å²) in [5.74, 6) is -0.781. The third-order valence-electron chi connectivity index (χ3n) is 2.50. The molecule has 1 amide bonds. The summed E-state index contributed by atoms with van der Waals surface area (Å²) >= 11 is 0. The third kappa shape index (κ3) is 6.62. The van der Waals surface area contributed by atoms with Crippen molar-refractivity contribution in [1.82, 2.24) is 10.3 Å². The SMILES string of the molecule is O=C(O)CCCCCNC(=O)Cc1ccncc1. The van der Waals surface area contributed by atoms with E-state index < -0.39 is 5.97 Å². The summed E-state index contributed by atoms with van der Waals surface area (Å²) in [6.07, 6.45) is 6.18. The average Bonchev–Trinajstić information content (AvgIpc) is 2.34. The maximum atomic E-state index is 11.5. The first-order valence-electron chi connectivity index (χ1n) is 6.06. The molecule has 0 aliphatic heterocycles. The zero-order valence-electron chi connectivity index (χ0n) is 10.3. The topological polar surface area (TPSA) is 79.3 Å². The molecule has 0 radical (unpaired) electrons. The largest absolute Gasteiger partial charge is 0.481 e. The van der Waals surface area contributed by atoms with Crippen molar-refractivity contribution in [2.75, 3.05) is 6.54 Å². The quantitative estimate of drug-likeness (QED) is 0.683. The summed E-state index contributed by atoms with van der Waals surface area (Å²) in [6.45, 7) is 0.601. The van der Waals surface area contributed by atoms with Crippen molar-refractivity contribution in [2.45, 2.75) is 32.1 Å². The lowest BCUT2D eigenvalue weighted by Crippen LogP contribution is -2.26. The zero-order valence-corrected chi connectivity index (χ0v) is 10.3. The summed E-state index contributed by atoms with van der Waals surface area (Å²) in [5, 5.41) is 11.3. The Kier molecular flexibility index (Phi) is 6.46. The molecule has 0 bridgehead atoms. The molecule has 0 aliphatic rings. The minimum atomic E-state index is -0.767. The van der Waals surface area contributed by atoms with Gasteiger partial charge in [-0.3, -0.25) is 14.6 Å². The number of unbranched alkanes of at least 4 members (excludes halogenated alkanes) is 2. The van der Waals surface area contributed by atoms with Gasteiger partial charge in [-0.2, -0.15) is 0 Å². The molecule has 5 nitrogen and oxygen atoms in total. The third-order valence-corrected chi connectivity index (χ3v) is 2.50. The fraction of sp³-hybridized carbons (Fsp3) is 0.462. The summed E-state index contributed by atoms with van der Waals surface area (Å²) < 4.78 is 0. The molecule has 0 aromatic carbocycles. The van der Waals surface area contributed by atoms with E-state index in [1.165, 1.54) is 0 Å². The van der Waals surface area contributed by atoms with Gasteiger partial charge in [0.05, 0.1) is 6.42 Å². The van der Waals surface area contributed by atoms with Crippen molar-refractivity contribution in [1.29, 1.82) is 0 Å². The Morgan fingerprint density at radius 1 is 1.17 bits per heavy atom. The van der Waals surface area contributed by atoms with Crippen LogP contribution in [-0.4, -0.2) is 28.5 Å². The zero-order chi connectivity index (χ0) is 13.2. The predicted molar refractivity (Wildman–Crippen MR) is 67.1 cm³/mol. The molecule has 2 N–H and O–H groups in total. The summed E-state index contributed by atoms with van der Waals surface area (Å²) in [5.41, 5.74) is 0.938. The van der Waals surface area contributed by atoms with Gasteiger partial charge in [-0.1, -0.05) is 6.42 Å². The van der Waals surface area contributed by atoms with Gasteiger partial charge in [-0.15, -0.1) is 0 Å². The predicted octanol–water partition coefficient (Wildman–Crippen LogP) is 1.39. The monoisotopic (exact) mass is 250 g/mol. The number of carbonyl (C=O) groups is 2. The smallest absolute Gasteiger partial charge is 0.303 e. The highest BCUT2D eigenvalue weighted by Crippen LogP contribution is 2.00. The normalized spacial score (nSPS) is 10.0. The number of carboxylic acid groups (broad SMARTS) is 1. The van der Waals surface area contributed by atoms with Gasteiger partial charge in [0.2, 0.25) is 5.91 Å². The second-order valence-electron chi connectivity index (χ2n) is 4.09. The molecule has 0 unspecified atom stereocenters. The maximum absolute atomic E-state index is 11.5. The van der Waals surface area contributed by atoms with Crippen LogP contribution in [0.15, 0.2) is 24.5 Å². The van der Waals surface area contributed by atoms with E-state index >= 15 is 0 Å². The molecule has 98 valence electrons. The first-order chi connectivity index (χ1) is 8.68. The van der Waals surface area contributed by atoms with Gasteiger partial charge >= 0.3 is 5.97 Å². The summed E-state index contributed by atoms with van der Waals surface area (Å²) in [7, 11) is 0. The number of hydrogen-bond donors (Lipinski definition) is 2. The van der Waals surface area contributed by atoms with E-state index in [0.29, 0.717) is 19.4 Å². The molecule has 5 heteroatoms. The first kappa shape index (κ1) is 14.2. The summed E-state index contributed by atoms with van der Waals surface area (Å²) in [4.78, 5) is 25.7. The van der Waals surface area contributed by atoms with Crippen LogP contribution in [-0.2, 0) is 16.0 Å². The van der Waals surface area contributed by atoms with E-state index in [4.69, 9.17) is 5.11 Å². The Bertz CT molecular complexity index is 379. The molecule has 0 aliphatic carbocycles. The van der Waals surface area contributed by atoms with Crippen LogP contribution in [0, 0.1) is 0 Å². The lowest BCUT2D eigenvalue weighted by molar-refractivity contribution is -0.137. The number of nitrogens with zero attached hydrogens (tertiary/aromatic N) is 1. The highest BCUT2D eigenvalue weighted by molar-refractivity contribution is 5.78. The molecule has 1 aromatic heterocycles. The second-order valence-corrected chi connectivity index (χ2v) is 4.09. The van der Waals surface area contributed by atoms with Gasteiger partial charge in [0.1, 0.15) is 0 Å². The number of hydrogen-bond acceptors (Lipinski definition) is 3. The van der Waals surface area contributed by atoms with Crippen molar-refractivity contribution in [2.24, 2.45) is 0 Å². The minimum Gasteiger partial charge on any atom is -0.481 e. The number of nitrogens with one attached hydrogen (secondary N) is 1. The van der Waals surface area contributed by atoms with Crippen LogP contribution in [0.3, 0.4) is 0 Å². The lowest BCUT2D eigenvalue weighted by Gasteiger charge is -2.04. The lowest BCUT2D eigenvalue weighted by atomic mass is 10.2. The molecular weight excluding hydrogens is 232 g/mol. The number of rotatable bonds is 8. The van der Waals surface area contributed by atoms with Crippen LogP contribution >= 0.6 is 0 Å². The Hall–Kier alpha value is -1.91. The molecule has 0 saturated carbocycles. The average molecular weight is 250 g/mol. The van der Waals surface area contributed by atoms with Crippen LogP contribution in [0.1, 0.15) is 31.2 Å². The van der Waals surface area contributed by atoms with Crippen LogP contribution in [0.25, 0.3) is 0 Å². The van der Waals surface area contributed by atoms with E-state index in [0.717, 1.165) is 18.4 Å². The van der Waals surface area contributed by atoms with Gasteiger partial charge in [-0.05, 0) is 30.5 Å². The number of aliphatic carboxylic acids is 1. The molecule has 0 saturated heterocycles. The van der Waals surface area contributed by atoms with E-state index in [1.807, 2.05) is 12.1 Å². The van der Waals surface area contributed by atoms with Crippen molar-refractivity contribution in [3.63, 3.8) is 0 Å². The van der Waals surface area contributed by atoms with Crippen molar-refractivity contribution in [3.05, 3.63) is 30.1 Å². The molecule has 0 atom stereocenters. The standard InChI is InChI=1S/C13H18N2O3/c16-12(10-11-5-8-14-9-6-11)15-7-3-1-2-4-13(17)18/h5-6,8-9H,1-4,7,10H2,(H,15,16)(H,17,18). The molecule has 1 heterocycles. The number of carboxylic acids is 1. The highest BCUT2D eigenvalue weighted by atomic mass is 16.4. The van der Waals surface area contributed by atoms with Crippen molar-refractivity contribution >= 4 is 11.9 Å². The van der Waals surface area contributed by atoms with Crippen LogP contribution in [0.2, 0.25) is 0 Å². The van der Waals surface area contributed by atoms with Crippen molar-refractivity contribution < 1.29 is 14.7 Å². The number of pyridine rings is 1. The van der Waals surface area contributed by atoms with Gasteiger partial charge in [-0.25, -0.2) is 0 Å². The van der Waals surface area contributed by atoms with E-state index in [2.05, 4.69) is 10.3 Å². The van der Waals surface area contributed by atoms with Crippen LogP contribution < -0.4 is 5.32 Å². The first-order valence-corrected chi connectivity index (χ1v) is 6.06. The van der Waals surface area contributed by atoms with Gasteiger partial charge < -0.3 is 10.4 Å².